The molecule has 15 heavy (non-hydrogen) atoms. The number of hydrogen-bond donors (Lipinski definition) is 0. The topological polar surface area (TPSA) is 35.0 Å². The van der Waals surface area contributed by atoms with Crippen molar-refractivity contribution in [3.8, 4) is 5.75 Å². The quantitative estimate of drug-likeness (QED) is 0.760. The normalized spacial score (nSPS) is 14.1. The number of ether oxygens (including phenoxy) is 1. The second kappa shape index (κ2) is 4.17. The van der Waals surface area contributed by atoms with E-state index in [0.717, 1.165) is 43.0 Å². The van der Waals surface area contributed by atoms with Crippen LogP contribution in [0.1, 0.15) is 37.7 Å². The number of aryl methyl sites for hydroxylation is 1. The first-order valence-electron chi connectivity index (χ1n) is 5.72. The molecule has 0 atom stereocenters. The minimum Gasteiger partial charge on any atom is -0.491 e. The molecular formula is C12H18N2O. The Morgan fingerprint density at radius 1 is 1.27 bits per heavy atom. The van der Waals surface area contributed by atoms with Crippen LogP contribution >= 0.6 is 0 Å². The van der Waals surface area contributed by atoms with E-state index in [0.29, 0.717) is 5.92 Å². The SMILES string of the molecule is CCc1nnc(CC(C)C)c2c1OCC2. The highest BCUT2D eigenvalue weighted by atomic mass is 16.5. The molecule has 1 aromatic rings. The van der Waals surface area contributed by atoms with E-state index in [2.05, 4.69) is 31.0 Å². The number of hydrogen-bond acceptors (Lipinski definition) is 3. The summed E-state index contributed by atoms with van der Waals surface area (Å²) in [4.78, 5) is 0. The van der Waals surface area contributed by atoms with Gasteiger partial charge in [0.05, 0.1) is 12.3 Å². The van der Waals surface area contributed by atoms with Crippen LogP contribution in [0.15, 0.2) is 0 Å². The van der Waals surface area contributed by atoms with Crippen molar-refractivity contribution in [1.29, 1.82) is 0 Å². The lowest BCUT2D eigenvalue weighted by Crippen LogP contribution is -2.05. The molecule has 0 aromatic carbocycles. The number of nitrogens with zero attached hydrogens (tertiary/aromatic N) is 2. The summed E-state index contributed by atoms with van der Waals surface area (Å²) in [6.45, 7) is 7.30. The Hall–Kier alpha value is -1.12. The third-order valence-electron chi connectivity index (χ3n) is 2.71. The largest absolute Gasteiger partial charge is 0.491 e. The molecule has 0 spiro atoms. The molecule has 0 saturated carbocycles. The van der Waals surface area contributed by atoms with Crippen molar-refractivity contribution in [2.75, 3.05) is 6.61 Å². The summed E-state index contributed by atoms with van der Waals surface area (Å²) in [6.07, 6.45) is 2.90. The lowest BCUT2D eigenvalue weighted by Gasteiger charge is -2.09. The highest BCUT2D eigenvalue weighted by Gasteiger charge is 2.22. The van der Waals surface area contributed by atoms with Crippen LogP contribution in [-0.4, -0.2) is 16.8 Å². The zero-order valence-electron chi connectivity index (χ0n) is 9.71. The first-order valence-corrected chi connectivity index (χ1v) is 5.72. The molecule has 0 amide bonds. The van der Waals surface area contributed by atoms with Crippen molar-refractivity contribution < 1.29 is 4.74 Å². The minimum absolute atomic E-state index is 0.622. The molecule has 0 unspecified atom stereocenters. The maximum absolute atomic E-state index is 5.64. The second-order valence-electron chi connectivity index (χ2n) is 4.45. The molecule has 2 heterocycles. The van der Waals surface area contributed by atoms with Crippen molar-refractivity contribution in [3.05, 3.63) is 17.0 Å². The second-order valence-corrected chi connectivity index (χ2v) is 4.45. The molecule has 0 fully saturated rings. The molecule has 0 saturated heterocycles. The van der Waals surface area contributed by atoms with Gasteiger partial charge in [-0.3, -0.25) is 0 Å². The predicted octanol–water partition coefficient (Wildman–Crippen LogP) is 2.17. The Morgan fingerprint density at radius 2 is 2.00 bits per heavy atom. The lowest BCUT2D eigenvalue weighted by molar-refractivity contribution is 0.351. The molecule has 1 aliphatic heterocycles. The van der Waals surface area contributed by atoms with E-state index in [4.69, 9.17) is 4.74 Å². The fourth-order valence-electron chi connectivity index (χ4n) is 2.00. The minimum atomic E-state index is 0.622. The van der Waals surface area contributed by atoms with Crippen LogP contribution < -0.4 is 4.74 Å². The monoisotopic (exact) mass is 206 g/mol. The first-order chi connectivity index (χ1) is 7.22. The number of aromatic nitrogens is 2. The average Bonchev–Trinajstić information content (AvgIpc) is 2.66. The Balaban J connectivity index is 2.38. The Bertz CT molecular complexity index is 361. The Morgan fingerprint density at radius 3 is 2.67 bits per heavy atom. The fourth-order valence-corrected chi connectivity index (χ4v) is 2.00. The molecule has 3 heteroatoms. The van der Waals surface area contributed by atoms with Gasteiger partial charge in [-0.2, -0.15) is 10.2 Å². The molecule has 0 radical (unpaired) electrons. The third-order valence-corrected chi connectivity index (χ3v) is 2.71. The van der Waals surface area contributed by atoms with Gasteiger partial charge < -0.3 is 4.74 Å². The van der Waals surface area contributed by atoms with Crippen LogP contribution in [0.4, 0.5) is 0 Å². The van der Waals surface area contributed by atoms with Gasteiger partial charge in [0.2, 0.25) is 0 Å². The maximum atomic E-state index is 5.64. The van der Waals surface area contributed by atoms with Crippen LogP contribution in [0.3, 0.4) is 0 Å². The van der Waals surface area contributed by atoms with Gasteiger partial charge >= 0.3 is 0 Å². The van der Waals surface area contributed by atoms with E-state index in [1.54, 1.807) is 0 Å². The van der Waals surface area contributed by atoms with Gasteiger partial charge in [0.25, 0.3) is 0 Å². The predicted molar refractivity (Wildman–Crippen MR) is 59.2 cm³/mol. The highest BCUT2D eigenvalue weighted by molar-refractivity contribution is 5.42. The van der Waals surface area contributed by atoms with Gasteiger partial charge in [-0.05, 0) is 18.8 Å². The molecule has 82 valence electrons. The summed E-state index contributed by atoms with van der Waals surface area (Å²) in [5, 5.41) is 8.58. The van der Waals surface area contributed by atoms with Crippen LogP contribution in [0.5, 0.6) is 5.75 Å². The van der Waals surface area contributed by atoms with Crippen LogP contribution in [0.2, 0.25) is 0 Å². The molecular weight excluding hydrogens is 188 g/mol. The van der Waals surface area contributed by atoms with Gasteiger partial charge in [0.15, 0.2) is 0 Å². The zero-order valence-corrected chi connectivity index (χ0v) is 9.71. The smallest absolute Gasteiger partial charge is 0.147 e. The summed E-state index contributed by atoms with van der Waals surface area (Å²) >= 11 is 0. The average molecular weight is 206 g/mol. The molecule has 1 aromatic heterocycles. The molecule has 1 aliphatic rings. The van der Waals surface area contributed by atoms with E-state index in [-0.39, 0.29) is 0 Å². The summed E-state index contributed by atoms with van der Waals surface area (Å²) in [6, 6.07) is 0. The highest BCUT2D eigenvalue weighted by Crippen LogP contribution is 2.31. The van der Waals surface area contributed by atoms with Crippen LogP contribution in [0.25, 0.3) is 0 Å². The van der Waals surface area contributed by atoms with E-state index >= 15 is 0 Å². The van der Waals surface area contributed by atoms with Crippen molar-refractivity contribution in [2.24, 2.45) is 5.92 Å². The molecule has 0 N–H and O–H groups in total. The Kier molecular flexibility index (Phi) is 2.89. The van der Waals surface area contributed by atoms with E-state index in [1.165, 1.54) is 5.56 Å². The third kappa shape index (κ3) is 1.96. The lowest BCUT2D eigenvalue weighted by atomic mass is 10.0. The van der Waals surface area contributed by atoms with Gasteiger partial charge in [-0.15, -0.1) is 0 Å². The summed E-state index contributed by atoms with van der Waals surface area (Å²) in [7, 11) is 0. The summed E-state index contributed by atoms with van der Waals surface area (Å²) in [5.41, 5.74) is 3.44. The molecule has 0 bridgehead atoms. The van der Waals surface area contributed by atoms with Crippen molar-refractivity contribution >= 4 is 0 Å². The molecule has 3 nitrogen and oxygen atoms in total. The number of rotatable bonds is 3. The van der Waals surface area contributed by atoms with E-state index in [9.17, 15) is 0 Å². The van der Waals surface area contributed by atoms with E-state index < -0.39 is 0 Å². The molecule has 2 rings (SSSR count). The first kappa shape index (κ1) is 10.4. The van der Waals surface area contributed by atoms with Gasteiger partial charge in [-0.25, -0.2) is 0 Å². The standard InChI is InChI=1S/C12H18N2O/c1-4-10-12-9(5-6-15-12)11(14-13-10)7-8(2)3/h8H,4-7H2,1-3H3. The summed E-state index contributed by atoms with van der Waals surface area (Å²) < 4.78 is 5.64. The van der Waals surface area contributed by atoms with Crippen molar-refractivity contribution in [1.82, 2.24) is 10.2 Å². The number of fused-ring (bicyclic) bond motifs is 1. The van der Waals surface area contributed by atoms with Crippen LogP contribution in [0, 0.1) is 5.92 Å². The zero-order chi connectivity index (χ0) is 10.8. The van der Waals surface area contributed by atoms with Crippen molar-refractivity contribution in [3.63, 3.8) is 0 Å². The van der Waals surface area contributed by atoms with Crippen molar-refractivity contribution in [2.45, 2.75) is 40.0 Å². The fraction of sp³-hybridized carbons (Fsp3) is 0.667. The maximum Gasteiger partial charge on any atom is 0.147 e. The van der Waals surface area contributed by atoms with Crippen LogP contribution in [-0.2, 0) is 19.3 Å². The van der Waals surface area contributed by atoms with Gasteiger partial charge in [0, 0.05) is 12.0 Å². The Labute approximate surface area is 90.9 Å². The van der Waals surface area contributed by atoms with E-state index in [1.807, 2.05) is 0 Å². The van der Waals surface area contributed by atoms with Gasteiger partial charge in [-0.1, -0.05) is 20.8 Å². The summed E-state index contributed by atoms with van der Waals surface area (Å²) in [5.74, 6) is 1.64. The molecule has 0 aliphatic carbocycles. The van der Waals surface area contributed by atoms with Gasteiger partial charge in [0.1, 0.15) is 11.4 Å².